The van der Waals surface area contributed by atoms with Gasteiger partial charge in [-0.25, -0.2) is 4.68 Å². The number of hydrogen-bond donors (Lipinski definition) is 2. The first-order valence-electron chi connectivity index (χ1n) is 4.38. The second-order valence-corrected chi connectivity index (χ2v) is 3.24. The second-order valence-electron chi connectivity index (χ2n) is 3.24. The van der Waals surface area contributed by atoms with Gasteiger partial charge in [-0.2, -0.15) is 0 Å². The lowest BCUT2D eigenvalue weighted by Crippen LogP contribution is -2.20. The molecule has 3 N–H and O–H groups in total. The maximum atomic E-state index is 10.8. The summed E-state index contributed by atoms with van der Waals surface area (Å²) in [5.74, 6) is -1.08. The Kier molecular flexibility index (Phi) is 2.12. The van der Waals surface area contributed by atoms with Crippen LogP contribution < -0.4 is 5.73 Å². The summed E-state index contributed by atoms with van der Waals surface area (Å²) in [6, 6.07) is 4.14. The van der Waals surface area contributed by atoms with E-state index >= 15 is 0 Å². The monoisotopic (exact) mass is 206 g/mol. The standard InChI is InChI=1S/C9H10N4O2/c1-13-6-4-2-3-5(7(10)9(14)15)8(6)11-12-13/h2-4,7H,10H2,1H3,(H,14,15). The Labute approximate surface area is 85.3 Å². The van der Waals surface area contributed by atoms with Gasteiger partial charge >= 0.3 is 5.97 Å². The Morgan fingerprint density at radius 1 is 1.60 bits per heavy atom. The van der Waals surface area contributed by atoms with Crippen molar-refractivity contribution in [2.24, 2.45) is 12.8 Å². The molecule has 2 rings (SSSR count). The number of carboxylic acid groups (broad SMARTS) is 1. The molecule has 78 valence electrons. The molecule has 15 heavy (non-hydrogen) atoms. The number of carbonyl (C=O) groups is 1. The maximum absolute atomic E-state index is 10.8. The van der Waals surface area contributed by atoms with Crippen LogP contribution in [0.5, 0.6) is 0 Å². The SMILES string of the molecule is Cn1nnc2c(C(N)C(=O)O)cccc21. The molecule has 0 aliphatic heterocycles. The van der Waals surface area contributed by atoms with Crippen molar-refractivity contribution < 1.29 is 9.90 Å². The molecule has 6 heteroatoms. The molecule has 1 unspecified atom stereocenters. The zero-order chi connectivity index (χ0) is 11.0. The minimum Gasteiger partial charge on any atom is -0.480 e. The van der Waals surface area contributed by atoms with Crippen molar-refractivity contribution >= 4 is 17.0 Å². The molecule has 0 saturated carbocycles. The van der Waals surface area contributed by atoms with Crippen molar-refractivity contribution in [3.63, 3.8) is 0 Å². The number of benzene rings is 1. The van der Waals surface area contributed by atoms with Crippen molar-refractivity contribution in [2.45, 2.75) is 6.04 Å². The lowest BCUT2D eigenvalue weighted by Gasteiger charge is -2.06. The predicted molar refractivity (Wildman–Crippen MR) is 53.1 cm³/mol. The summed E-state index contributed by atoms with van der Waals surface area (Å²) in [6.07, 6.45) is 0. The highest BCUT2D eigenvalue weighted by Crippen LogP contribution is 2.20. The first kappa shape index (κ1) is 9.60. The molecule has 0 aliphatic rings. The van der Waals surface area contributed by atoms with Gasteiger partial charge in [0.25, 0.3) is 0 Å². The van der Waals surface area contributed by atoms with E-state index in [1.54, 1.807) is 23.9 Å². The maximum Gasteiger partial charge on any atom is 0.325 e. The summed E-state index contributed by atoms with van der Waals surface area (Å²) >= 11 is 0. The molecule has 1 atom stereocenters. The summed E-state index contributed by atoms with van der Waals surface area (Å²) in [5.41, 5.74) is 7.32. The summed E-state index contributed by atoms with van der Waals surface area (Å²) in [5, 5.41) is 16.5. The van der Waals surface area contributed by atoms with Gasteiger partial charge < -0.3 is 10.8 Å². The van der Waals surface area contributed by atoms with E-state index in [1.165, 1.54) is 0 Å². The minimum absolute atomic E-state index is 0.480. The molecule has 0 amide bonds. The molecule has 0 spiro atoms. The van der Waals surface area contributed by atoms with Gasteiger partial charge in [-0.15, -0.1) is 5.10 Å². The number of aliphatic carboxylic acids is 1. The number of hydrogen-bond acceptors (Lipinski definition) is 4. The number of carboxylic acids is 1. The van der Waals surface area contributed by atoms with Gasteiger partial charge in [0.05, 0.1) is 5.52 Å². The largest absolute Gasteiger partial charge is 0.480 e. The van der Waals surface area contributed by atoms with Crippen LogP contribution in [-0.2, 0) is 11.8 Å². The lowest BCUT2D eigenvalue weighted by atomic mass is 10.1. The molecule has 2 aromatic rings. The van der Waals surface area contributed by atoms with Crippen LogP contribution in [0.2, 0.25) is 0 Å². The van der Waals surface area contributed by atoms with E-state index in [0.29, 0.717) is 11.1 Å². The van der Waals surface area contributed by atoms with E-state index in [-0.39, 0.29) is 0 Å². The van der Waals surface area contributed by atoms with Crippen LogP contribution in [0.15, 0.2) is 18.2 Å². The van der Waals surface area contributed by atoms with Crippen molar-refractivity contribution in [1.82, 2.24) is 15.0 Å². The molecule has 6 nitrogen and oxygen atoms in total. The van der Waals surface area contributed by atoms with Gasteiger partial charge in [0.2, 0.25) is 0 Å². The molecule has 1 heterocycles. The second kappa shape index (κ2) is 3.32. The summed E-state index contributed by atoms with van der Waals surface area (Å²) in [7, 11) is 1.74. The average molecular weight is 206 g/mol. The molecule has 0 fully saturated rings. The fraction of sp³-hybridized carbons (Fsp3) is 0.222. The molecular weight excluding hydrogens is 196 g/mol. The molecule has 0 aliphatic carbocycles. The fourth-order valence-electron chi connectivity index (χ4n) is 1.46. The van der Waals surface area contributed by atoms with Gasteiger partial charge in [0, 0.05) is 12.6 Å². The summed E-state index contributed by atoms with van der Waals surface area (Å²) in [4.78, 5) is 10.8. The van der Waals surface area contributed by atoms with Crippen LogP contribution >= 0.6 is 0 Å². The van der Waals surface area contributed by atoms with Gasteiger partial charge in [0.1, 0.15) is 11.6 Å². The number of aromatic nitrogens is 3. The quantitative estimate of drug-likeness (QED) is 0.724. The Bertz CT molecular complexity index is 520. The van der Waals surface area contributed by atoms with E-state index in [1.807, 2.05) is 6.07 Å². The van der Waals surface area contributed by atoms with Gasteiger partial charge in [-0.05, 0) is 6.07 Å². The van der Waals surface area contributed by atoms with Crippen LogP contribution in [0.4, 0.5) is 0 Å². The van der Waals surface area contributed by atoms with Gasteiger partial charge in [-0.3, -0.25) is 4.79 Å². The van der Waals surface area contributed by atoms with E-state index < -0.39 is 12.0 Å². The molecule has 1 aromatic carbocycles. The number of fused-ring (bicyclic) bond motifs is 1. The predicted octanol–water partition coefficient (Wildman–Crippen LogP) is 0.0527. The molecular formula is C9H10N4O2. The Balaban J connectivity index is 2.66. The van der Waals surface area contributed by atoms with E-state index in [4.69, 9.17) is 10.8 Å². The van der Waals surface area contributed by atoms with Crippen molar-refractivity contribution in [1.29, 1.82) is 0 Å². The Morgan fingerprint density at radius 2 is 2.33 bits per heavy atom. The Morgan fingerprint density at radius 3 is 3.00 bits per heavy atom. The fourth-order valence-corrected chi connectivity index (χ4v) is 1.46. The van der Waals surface area contributed by atoms with E-state index in [2.05, 4.69) is 10.3 Å². The van der Waals surface area contributed by atoms with Crippen LogP contribution in [0.25, 0.3) is 11.0 Å². The zero-order valence-corrected chi connectivity index (χ0v) is 8.08. The number of aryl methyl sites for hydroxylation is 1. The topological polar surface area (TPSA) is 94.0 Å². The van der Waals surface area contributed by atoms with Crippen LogP contribution in [0.3, 0.4) is 0 Å². The third-order valence-corrected chi connectivity index (χ3v) is 2.27. The van der Waals surface area contributed by atoms with Crippen LogP contribution in [-0.4, -0.2) is 26.1 Å². The first-order valence-corrected chi connectivity index (χ1v) is 4.38. The normalized spacial score (nSPS) is 12.9. The number of nitrogens with two attached hydrogens (primary N) is 1. The van der Waals surface area contributed by atoms with Crippen LogP contribution in [0.1, 0.15) is 11.6 Å². The van der Waals surface area contributed by atoms with Crippen molar-refractivity contribution in [2.75, 3.05) is 0 Å². The first-order chi connectivity index (χ1) is 7.11. The smallest absolute Gasteiger partial charge is 0.325 e. The highest BCUT2D eigenvalue weighted by molar-refractivity contribution is 5.85. The summed E-state index contributed by atoms with van der Waals surface area (Å²) < 4.78 is 1.58. The highest BCUT2D eigenvalue weighted by Gasteiger charge is 2.18. The minimum atomic E-state index is -1.08. The summed E-state index contributed by atoms with van der Waals surface area (Å²) in [6.45, 7) is 0. The molecule has 0 radical (unpaired) electrons. The average Bonchev–Trinajstić information content (AvgIpc) is 2.59. The molecule has 0 saturated heterocycles. The van der Waals surface area contributed by atoms with E-state index in [9.17, 15) is 4.79 Å². The lowest BCUT2D eigenvalue weighted by molar-refractivity contribution is -0.138. The number of rotatable bonds is 2. The molecule has 0 bridgehead atoms. The number of nitrogens with zero attached hydrogens (tertiary/aromatic N) is 3. The third-order valence-electron chi connectivity index (χ3n) is 2.27. The van der Waals surface area contributed by atoms with Crippen LogP contribution in [0, 0.1) is 0 Å². The zero-order valence-electron chi connectivity index (χ0n) is 8.08. The van der Waals surface area contributed by atoms with E-state index in [0.717, 1.165) is 5.52 Å². The highest BCUT2D eigenvalue weighted by atomic mass is 16.4. The Hall–Kier alpha value is -1.95. The van der Waals surface area contributed by atoms with Crippen molar-refractivity contribution in [3.05, 3.63) is 23.8 Å². The third kappa shape index (κ3) is 1.44. The van der Waals surface area contributed by atoms with Crippen molar-refractivity contribution in [3.8, 4) is 0 Å². The molecule has 1 aromatic heterocycles. The van der Waals surface area contributed by atoms with Gasteiger partial charge in [-0.1, -0.05) is 17.3 Å². The van der Waals surface area contributed by atoms with Gasteiger partial charge in [0.15, 0.2) is 0 Å².